The summed E-state index contributed by atoms with van der Waals surface area (Å²) >= 11 is 0. The third kappa shape index (κ3) is 14.5. The van der Waals surface area contributed by atoms with Gasteiger partial charge in [-0.2, -0.15) is 15.8 Å². The molecule has 5 N–H and O–H groups in total. The van der Waals surface area contributed by atoms with Gasteiger partial charge >= 0.3 is 0 Å². The molecule has 6 heterocycles. The highest BCUT2D eigenvalue weighted by atomic mass is 16.6. The van der Waals surface area contributed by atoms with Gasteiger partial charge in [-0.25, -0.2) is 0 Å². The van der Waals surface area contributed by atoms with Crippen LogP contribution in [0.1, 0.15) is 114 Å². The zero-order valence-electron chi connectivity index (χ0n) is 53.1. The molecular formula is C75H87N9O8. The molecule has 0 unspecified atom stereocenters. The molecule has 3 saturated carbocycles. The summed E-state index contributed by atoms with van der Waals surface area (Å²) < 4.78 is 34.1. The van der Waals surface area contributed by atoms with Crippen molar-refractivity contribution in [3.63, 3.8) is 0 Å². The number of hydrogen-bond donors (Lipinski definition) is 5. The maximum Gasteiger partial charge on any atom is 0.161 e. The van der Waals surface area contributed by atoms with Crippen LogP contribution in [-0.4, -0.2) is 138 Å². The Morgan fingerprint density at radius 3 is 1.12 bits per heavy atom. The Hall–Kier alpha value is -8.21. The van der Waals surface area contributed by atoms with Gasteiger partial charge in [-0.15, -0.1) is 0 Å². The summed E-state index contributed by atoms with van der Waals surface area (Å²) in [6.07, 6.45) is 15.1. The zero-order chi connectivity index (χ0) is 63.0. The number of rotatable bonds is 13. The van der Waals surface area contributed by atoms with Crippen LogP contribution >= 0.6 is 0 Å². The van der Waals surface area contributed by atoms with Gasteiger partial charge in [0, 0.05) is 98.3 Å². The van der Waals surface area contributed by atoms with Gasteiger partial charge in [-0.05, 0) is 174 Å². The summed E-state index contributed by atoms with van der Waals surface area (Å²) in [5.74, 6) is 5.01. The largest absolute Gasteiger partial charge is 0.486 e. The average Bonchev–Trinajstić information content (AvgIpc) is 0.971. The summed E-state index contributed by atoms with van der Waals surface area (Å²) in [6.45, 7) is 11.7. The van der Waals surface area contributed by atoms with Crippen LogP contribution in [0.4, 0.5) is 17.1 Å². The van der Waals surface area contributed by atoms with Crippen molar-refractivity contribution >= 4 is 17.1 Å². The van der Waals surface area contributed by atoms with Crippen LogP contribution in [0.3, 0.4) is 0 Å². The van der Waals surface area contributed by atoms with Crippen LogP contribution in [0.15, 0.2) is 109 Å². The predicted octanol–water partition coefficient (Wildman–Crippen LogP) is 11.3. The predicted molar refractivity (Wildman–Crippen MR) is 357 cm³/mol. The summed E-state index contributed by atoms with van der Waals surface area (Å²) in [4.78, 5) is 7.06. The number of aliphatic hydroxyl groups is 2. The Bertz CT molecular complexity index is 3670. The molecule has 480 valence electrons. The van der Waals surface area contributed by atoms with Crippen LogP contribution < -0.4 is 59.1 Å². The first-order chi connectivity index (χ1) is 45.1. The lowest BCUT2D eigenvalue weighted by Gasteiger charge is -2.41. The fourth-order valence-electron chi connectivity index (χ4n) is 14.7. The quantitative estimate of drug-likeness (QED) is 0.0727. The molecule has 0 radical (unpaired) electrons. The molecule has 6 aliphatic heterocycles. The van der Waals surface area contributed by atoms with E-state index in [2.05, 4.69) is 80.0 Å². The molecule has 17 nitrogen and oxygen atoms in total. The molecular weight excluding hydrogens is 1150 g/mol. The van der Waals surface area contributed by atoms with E-state index < -0.39 is 0 Å². The van der Waals surface area contributed by atoms with Crippen molar-refractivity contribution in [2.75, 3.05) is 100 Å². The summed E-state index contributed by atoms with van der Waals surface area (Å²) in [5, 5.41) is 60.4. The number of fused-ring (bicyclic) bond motifs is 3. The highest BCUT2D eigenvalue weighted by Gasteiger charge is 2.40. The van der Waals surface area contributed by atoms with Gasteiger partial charge in [-0.3, -0.25) is 0 Å². The summed E-state index contributed by atoms with van der Waals surface area (Å²) in [6, 6.07) is 46.2. The maximum atomic E-state index is 10.1. The number of nitrogens with zero attached hydrogens (tertiary/aromatic N) is 6. The molecule has 92 heavy (non-hydrogen) atoms. The lowest BCUT2D eigenvalue weighted by atomic mass is 9.80. The van der Waals surface area contributed by atoms with Crippen LogP contribution in [0.2, 0.25) is 0 Å². The molecule has 17 heteroatoms. The molecule has 6 aromatic carbocycles. The van der Waals surface area contributed by atoms with E-state index in [1.165, 1.54) is 12.8 Å². The van der Waals surface area contributed by atoms with Crippen molar-refractivity contribution in [1.82, 2.24) is 16.0 Å². The van der Waals surface area contributed by atoms with Crippen molar-refractivity contribution < 1.29 is 38.6 Å². The Kier molecular flexibility index (Phi) is 19.6. The molecule has 3 saturated heterocycles. The minimum Gasteiger partial charge on any atom is -0.486 e. The highest BCUT2D eigenvalue weighted by Crippen LogP contribution is 2.43. The molecule has 9 aliphatic rings. The van der Waals surface area contributed by atoms with Gasteiger partial charge in [0.15, 0.2) is 34.5 Å². The van der Waals surface area contributed by atoms with Crippen LogP contribution in [0.5, 0.6) is 34.5 Å². The molecule has 0 amide bonds. The van der Waals surface area contributed by atoms with Crippen molar-refractivity contribution in [2.45, 2.75) is 139 Å². The Morgan fingerprint density at radius 1 is 0.435 bits per heavy atom. The van der Waals surface area contributed by atoms with E-state index in [1.54, 1.807) is 0 Å². The molecule has 0 atom stereocenters. The van der Waals surface area contributed by atoms with Gasteiger partial charge in [-0.1, -0.05) is 54.6 Å². The van der Waals surface area contributed by atoms with Crippen LogP contribution in [0, 0.1) is 39.9 Å². The number of piperidine rings is 3. The normalized spacial score (nSPS) is 22.4. The number of nitriles is 3. The first kappa shape index (κ1) is 62.6. The second kappa shape index (κ2) is 28.8. The van der Waals surface area contributed by atoms with E-state index in [0.717, 1.165) is 218 Å². The fraction of sp³-hybridized carbons (Fsp3) is 0.480. The summed E-state index contributed by atoms with van der Waals surface area (Å²) in [7, 11) is 0. The minimum absolute atomic E-state index is 0.110. The van der Waals surface area contributed by atoms with Gasteiger partial charge in [0.1, 0.15) is 57.8 Å². The van der Waals surface area contributed by atoms with Crippen molar-refractivity contribution in [2.24, 2.45) is 5.92 Å². The minimum atomic E-state index is -0.110. The smallest absolute Gasteiger partial charge is 0.161 e. The second-order valence-electron chi connectivity index (χ2n) is 26.6. The Labute approximate surface area is 541 Å². The number of aliphatic hydroxyl groups excluding tert-OH is 2. The van der Waals surface area contributed by atoms with E-state index in [-0.39, 0.29) is 6.10 Å². The van der Waals surface area contributed by atoms with Gasteiger partial charge in [0.25, 0.3) is 0 Å². The van der Waals surface area contributed by atoms with Gasteiger partial charge in [0.05, 0.1) is 39.9 Å². The zero-order valence-corrected chi connectivity index (χ0v) is 53.1. The number of nitrogens with one attached hydrogen (secondary N) is 3. The molecule has 0 spiro atoms. The van der Waals surface area contributed by atoms with Crippen molar-refractivity contribution in [3.8, 4) is 86.1 Å². The topological polar surface area (TPSA) is 213 Å². The second-order valence-corrected chi connectivity index (χ2v) is 26.6. The van der Waals surface area contributed by atoms with E-state index in [1.807, 2.05) is 84.9 Å². The number of hydrogen-bond acceptors (Lipinski definition) is 17. The fourth-order valence-corrected chi connectivity index (χ4v) is 14.7. The molecule has 0 bridgehead atoms. The molecule has 15 rings (SSSR count). The average molecular weight is 1240 g/mol. The van der Waals surface area contributed by atoms with Gasteiger partial charge in [0.2, 0.25) is 0 Å². The third-order valence-corrected chi connectivity index (χ3v) is 20.2. The first-order valence-corrected chi connectivity index (χ1v) is 33.7. The standard InChI is InChI=1S/C26H31N3O3.C25H29N3O3.C24H27N3O2/c27-17-23-22(18-4-9-25-26(16-18)32-15-14-31-25)2-1-3-24(23)29-12-10-20(11-13-29)28-19-5-7-21(30)8-6-19;26-15-22-21(18-4-5-24-25(14-18)31-11-10-30-24)2-1-3-23(22)28-8-6-19(7-9-28)27-20-12-17(13-20)16-29;1-24(9-10-24)26-18-7-11-27(12-8-18)21-4-2-3-19(20(21)16-25)17-5-6-22-23(15-17)29-14-13-28-22/h1-4,9,16,19-21,28,30H,5-8,10-15H2;1-5,14,17,19-20,27,29H,6-13,16H2;2-6,15,18,26H,7-14H2,1H3/t19-,21-;17-,20-;. The molecule has 0 aromatic heterocycles. The SMILES string of the molecule is CC1(NC2CCN(c3cccc(-c4ccc5c(c4)OCCO5)c3C#N)CC2)CC1.N#Cc1c(-c2ccc3c(c2)OCCO3)cccc1N1CCC(N[C@H]2CC[C@H](O)CC2)CC1.N#Cc1c(-c2ccc3c(c2)OCCO3)cccc1N1CCC(N[C@H]2C[C@H](CO)C2)CC1. The van der Waals surface area contributed by atoms with E-state index >= 15 is 0 Å². The maximum absolute atomic E-state index is 10.1. The van der Waals surface area contributed by atoms with E-state index in [9.17, 15) is 26.0 Å². The Balaban J connectivity index is 0.000000126. The molecule has 3 aliphatic carbocycles. The first-order valence-electron chi connectivity index (χ1n) is 33.7. The van der Waals surface area contributed by atoms with E-state index in [0.29, 0.717) is 87.9 Å². The monoisotopic (exact) mass is 1240 g/mol. The molecule has 6 aromatic rings. The lowest BCUT2D eigenvalue weighted by molar-refractivity contribution is 0.113. The Morgan fingerprint density at radius 2 is 0.772 bits per heavy atom. The number of benzene rings is 6. The van der Waals surface area contributed by atoms with Crippen molar-refractivity contribution in [1.29, 1.82) is 15.8 Å². The van der Waals surface area contributed by atoms with Gasteiger partial charge < -0.3 is 69.3 Å². The third-order valence-electron chi connectivity index (χ3n) is 20.2. The molecule has 6 fully saturated rings. The summed E-state index contributed by atoms with van der Waals surface area (Å²) in [5.41, 5.74) is 11.4. The lowest BCUT2D eigenvalue weighted by Crippen LogP contribution is -2.51. The van der Waals surface area contributed by atoms with Crippen LogP contribution in [-0.2, 0) is 0 Å². The highest BCUT2D eigenvalue weighted by molar-refractivity contribution is 5.82. The number of anilines is 3. The van der Waals surface area contributed by atoms with Crippen molar-refractivity contribution in [3.05, 3.63) is 126 Å². The van der Waals surface area contributed by atoms with Crippen LogP contribution in [0.25, 0.3) is 33.4 Å². The number of ether oxygens (including phenoxy) is 6. The van der Waals surface area contributed by atoms with E-state index in [4.69, 9.17) is 28.4 Å².